The Kier molecular flexibility index (Phi) is 4.52. The summed E-state index contributed by atoms with van der Waals surface area (Å²) in [5.74, 6) is -0.0261. The summed E-state index contributed by atoms with van der Waals surface area (Å²) in [5, 5.41) is 7.33. The molecule has 5 nitrogen and oxygen atoms in total. The first-order valence-electron chi connectivity index (χ1n) is 9.34. The van der Waals surface area contributed by atoms with E-state index in [0.29, 0.717) is 12.1 Å². The van der Waals surface area contributed by atoms with Gasteiger partial charge in [-0.05, 0) is 47.1 Å². The molecule has 1 unspecified atom stereocenters. The predicted octanol–water partition coefficient (Wildman–Crippen LogP) is 3.87. The first-order chi connectivity index (χ1) is 13.0. The van der Waals surface area contributed by atoms with E-state index >= 15 is 0 Å². The third-order valence-electron chi connectivity index (χ3n) is 5.46. The van der Waals surface area contributed by atoms with Crippen molar-refractivity contribution < 1.29 is 4.79 Å². The summed E-state index contributed by atoms with van der Waals surface area (Å²) < 4.78 is 1.76. The molecule has 5 heteroatoms. The van der Waals surface area contributed by atoms with Crippen LogP contribution >= 0.6 is 0 Å². The lowest BCUT2D eigenvalue weighted by atomic mass is 9.71. The van der Waals surface area contributed by atoms with Gasteiger partial charge in [-0.3, -0.25) is 4.79 Å². The number of aromatic nitrogens is 3. The number of hydrogen-bond acceptors (Lipinski definition) is 3. The van der Waals surface area contributed by atoms with E-state index in [9.17, 15) is 4.79 Å². The van der Waals surface area contributed by atoms with Crippen molar-refractivity contribution in [1.29, 1.82) is 0 Å². The Hall–Kier alpha value is -2.95. The van der Waals surface area contributed by atoms with Gasteiger partial charge in [-0.15, -0.1) is 0 Å². The fourth-order valence-corrected chi connectivity index (χ4v) is 3.87. The van der Waals surface area contributed by atoms with Gasteiger partial charge in [-0.25, -0.2) is 9.67 Å². The number of fused-ring (bicyclic) bond motifs is 1. The molecule has 0 saturated carbocycles. The lowest BCUT2D eigenvalue weighted by Gasteiger charge is -2.37. The van der Waals surface area contributed by atoms with Crippen LogP contribution in [0.25, 0.3) is 0 Å². The normalized spacial score (nSPS) is 17.9. The number of rotatable bonds is 4. The average Bonchev–Trinajstić information content (AvgIpc) is 3.18. The maximum Gasteiger partial charge on any atom is 0.251 e. The van der Waals surface area contributed by atoms with Gasteiger partial charge in [0.15, 0.2) is 0 Å². The van der Waals surface area contributed by atoms with Gasteiger partial charge in [0.05, 0.1) is 12.6 Å². The van der Waals surface area contributed by atoms with E-state index in [4.69, 9.17) is 0 Å². The topological polar surface area (TPSA) is 59.8 Å². The van der Waals surface area contributed by atoms with Crippen LogP contribution in [0, 0.1) is 0 Å². The van der Waals surface area contributed by atoms with Crippen molar-refractivity contribution in [3.63, 3.8) is 0 Å². The van der Waals surface area contributed by atoms with Gasteiger partial charge in [0.1, 0.15) is 12.7 Å². The summed E-state index contributed by atoms with van der Waals surface area (Å²) in [6, 6.07) is 16.2. The molecule has 1 heterocycles. The molecule has 1 amide bonds. The van der Waals surface area contributed by atoms with Crippen molar-refractivity contribution in [2.75, 3.05) is 0 Å². The first kappa shape index (κ1) is 17.5. The molecule has 3 aromatic rings. The highest BCUT2D eigenvalue weighted by molar-refractivity contribution is 5.94. The predicted molar refractivity (Wildman–Crippen MR) is 104 cm³/mol. The second-order valence-corrected chi connectivity index (χ2v) is 7.83. The van der Waals surface area contributed by atoms with Crippen LogP contribution in [0.3, 0.4) is 0 Å². The molecule has 0 fully saturated rings. The van der Waals surface area contributed by atoms with Crippen molar-refractivity contribution in [3.8, 4) is 0 Å². The third-order valence-corrected chi connectivity index (χ3v) is 5.46. The maximum atomic E-state index is 12.8. The zero-order valence-electron chi connectivity index (χ0n) is 15.7. The van der Waals surface area contributed by atoms with Crippen LogP contribution in [0.15, 0.2) is 61.2 Å². The van der Waals surface area contributed by atoms with E-state index in [-0.39, 0.29) is 17.4 Å². The zero-order chi connectivity index (χ0) is 18.9. The summed E-state index contributed by atoms with van der Waals surface area (Å²) in [5.41, 5.74) is 4.50. The Morgan fingerprint density at radius 3 is 2.70 bits per heavy atom. The third kappa shape index (κ3) is 3.63. The largest absolute Gasteiger partial charge is 0.345 e. The van der Waals surface area contributed by atoms with Gasteiger partial charge in [0.25, 0.3) is 5.91 Å². The summed E-state index contributed by atoms with van der Waals surface area (Å²) >= 11 is 0. The molecule has 0 radical (unpaired) electrons. The number of amides is 1. The van der Waals surface area contributed by atoms with Crippen LogP contribution in [0.1, 0.15) is 59.8 Å². The van der Waals surface area contributed by atoms with Crippen LogP contribution in [-0.4, -0.2) is 20.7 Å². The summed E-state index contributed by atoms with van der Waals surface area (Å²) in [7, 11) is 0. The Morgan fingerprint density at radius 2 is 1.96 bits per heavy atom. The summed E-state index contributed by atoms with van der Waals surface area (Å²) in [4.78, 5) is 16.7. The second-order valence-electron chi connectivity index (χ2n) is 7.83. The van der Waals surface area contributed by atoms with E-state index in [1.807, 2.05) is 24.3 Å². The van der Waals surface area contributed by atoms with Gasteiger partial charge in [-0.1, -0.05) is 50.2 Å². The van der Waals surface area contributed by atoms with Crippen LogP contribution in [-0.2, 0) is 12.0 Å². The van der Waals surface area contributed by atoms with Gasteiger partial charge >= 0.3 is 0 Å². The van der Waals surface area contributed by atoms with Crippen molar-refractivity contribution >= 4 is 5.91 Å². The van der Waals surface area contributed by atoms with Gasteiger partial charge in [0, 0.05) is 5.56 Å². The van der Waals surface area contributed by atoms with E-state index in [2.05, 4.69) is 53.5 Å². The molecule has 138 valence electrons. The minimum Gasteiger partial charge on any atom is -0.345 e. The zero-order valence-corrected chi connectivity index (χ0v) is 15.7. The number of carbonyl (C=O) groups excluding carboxylic acids is 1. The lowest BCUT2D eigenvalue weighted by Crippen LogP contribution is -2.35. The Balaban J connectivity index is 1.48. The summed E-state index contributed by atoms with van der Waals surface area (Å²) in [6.45, 7) is 5.20. The van der Waals surface area contributed by atoms with E-state index in [1.54, 1.807) is 11.0 Å². The van der Waals surface area contributed by atoms with Crippen molar-refractivity contribution in [2.24, 2.45) is 0 Å². The van der Waals surface area contributed by atoms with Crippen LogP contribution in [0.4, 0.5) is 0 Å². The van der Waals surface area contributed by atoms with Crippen molar-refractivity contribution in [2.45, 2.75) is 44.7 Å². The average molecular weight is 360 g/mol. The van der Waals surface area contributed by atoms with Crippen molar-refractivity contribution in [1.82, 2.24) is 20.1 Å². The molecule has 1 atom stereocenters. The Morgan fingerprint density at radius 1 is 1.19 bits per heavy atom. The Bertz CT molecular complexity index is 929. The molecule has 0 saturated heterocycles. The van der Waals surface area contributed by atoms with Gasteiger partial charge in [0.2, 0.25) is 0 Å². The quantitative estimate of drug-likeness (QED) is 0.768. The molecule has 1 aromatic heterocycles. The molecule has 27 heavy (non-hydrogen) atoms. The highest BCUT2D eigenvalue weighted by atomic mass is 16.1. The smallest absolute Gasteiger partial charge is 0.251 e. The van der Waals surface area contributed by atoms with Crippen LogP contribution in [0.5, 0.6) is 0 Å². The monoisotopic (exact) mass is 360 g/mol. The molecule has 2 aromatic carbocycles. The second kappa shape index (κ2) is 6.99. The number of benzene rings is 2. The molecular weight excluding hydrogens is 336 g/mol. The molecular formula is C22H24N4O. The minimum atomic E-state index is -0.0261. The molecule has 4 rings (SSSR count). The number of nitrogens with zero attached hydrogens (tertiary/aromatic N) is 3. The highest BCUT2D eigenvalue weighted by Crippen LogP contribution is 2.41. The van der Waals surface area contributed by atoms with Crippen LogP contribution < -0.4 is 5.32 Å². The SMILES string of the molecule is CC1(C)CCC(NC(=O)c2ccc(Cn3cncn3)cc2)c2ccccc21. The van der Waals surface area contributed by atoms with E-state index < -0.39 is 0 Å². The molecule has 1 aliphatic rings. The van der Waals surface area contributed by atoms with E-state index in [1.165, 1.54) is 17.5 Å². The Labute approximate surface area is 159 Å². The van der Waals surface area contributed by atoms with Crippen LogP contribution in [0.2, 0.25) is 0 Å². The maximum absolute atomic E-state index is 12.8. The fourth-order valence-electron chi connectivity index (χ4n) is 3.87. The molecule has 0 spiro atoms. The standard InChI is InChI=1S/C22H24N4O/c1-22(2)12-11-20(18-5-3-4-6-19(18)22)25-21(27)17-9-7-16(8-10-17)13-26-15-23-14-24-26/h3-10,14-15,20H,11-13H2,1-2H3,(H,25,27). The molecule has 0 bridgehead atoms. The fraction of sp³-hybridized carbons (Fsp3) is 0.318. The van der Waals surface area contributed by atoms with Gasteiger partial charge < -0.3 is 5.32 Å². The minimum absolute atomic E-state index is 0.0261. The van der Waals surface area contributed by atoms with Crippen molar-refractivity contribution in [3.05, 3.63) is 83.4 Å². The number of hydrogen-bond donors (Lipinski definition) is 1. The number of nitrogens with one attached hydrogen (secondary N) is 1. The summed E-state index contributed by atoms with van der Waals surface area (Å²) in [6.07, 6.45) is 5.22. The molecule has 0 aliphatic heterocycles. The molecule has 1 N–H and O–H groups in total. The molecule has 1 aliphatic carbocycles. The van der Waals surface area contributed by atoms with Gasteiger partial charge in [-0.2, -0.15) is 5.10 Å². The lowest BCUT2D eigenvalue weighted by molar-refractivity contribution is 0.0929. The van der Waals surface area contributed by atoms with E-state index in [0.717, 1.165) is 18.4 Å². The highest BCUT2D eigenvalue weighted by Gasteiger charge is 2.32. The number of carbonyl (C=O) groups is 1. The first-order valence-corrected chi connectivity index (χ1v) is 9.34.